The summed E-state index contributed by atoms with van der Waals surface area (Å²) < 4.78 is 38.1. The number of rotatable bonds is 9. The minimum Gasteiger partial charge on any atom is -0.312 e. The molecule has 160 valence electrons. The molecule has 0 saturated carbocycles. The van der Waals surface area contributed by atoms with Gasteiger partial charge in [0.15, 0.2) is 0 Å². The molecule has 2 N–H and O–H groups in total. The van der Waals surface area contributed by atoms with Gasteiger partial charge in [0.2, 0.25) is 0 Å². The predicted molar refractivity (Wildman–Crippen MR) is 115 cm³/mol. The van der Waals surface area contributed by atoms with Crippen molar-refractivity contribution in [3.63, 3.8) is 0 Å². The molecule has 29 heavy (non-hydrogen) atoms. The van der Waals surface area contributed by atoms with Gasteiger partial charge >= 0.3 is 6.18 Å². The molecule has 1 unspecified atom stereocenters. The highest BCUT2D eigenvalue weighted by Crippen LogP contribution is 2.31. The van der Waals surface area contributed by atoms with Crippen molar-refractivity contribution >= 4 is 0 Å². The van der Waals surface area contributed by atoms with Crippen molar-refractivity contribution in [3.05, 3.63) is 59.7 Å². The van der Waals surface area contributed by atoms with Gasteiger partial charge in [-0.15, -0.1) is 0 Å². The fourth-order valence-corrected chi connectivity index (χ4v) is 3.25. The zero-order valence-corrected chi connectivity index (χ0v) is 17.9. The molecule has 0 amide bonds. The van der Waals surface area contributed by atoms with E-state index >= 15 is 0 Å². The summed E-state index contributed by atoms with van der Waals surface area (Å²) in [7, 11) is 0. The topological polar surface area (TPSA) is 24.1 Å². The smallest absolute Gasteiger partial charge is 0.312 e. The van der Waals surface area contributed by atoms with E-state index in [1.54, 1.807) is 0 Å². The highest BCUT2D eigenvalue weighted by atomic mass is 19.4. The van der Waals surface area contributed by atoms with Crippen LogP contribution in [-0.4, -0.2) is 18.1 Å². The van der Waals surface area contributed by atoms with Crippen LogP contribution in [0.1, 0.15) is 58.1 Å². The normalized spacial score (nSPS) is 13.5. The lowest BCUT2D eigenvalue weighted by Crippen LogP contribution is -2.39. The maximum Gasteiger partial charge on any atom is 0.416 e. The Morgan fingerprint density at radius 3 is 1.86 bits per heavy atom. The molecule has 0 aliphatic heterocycles. The highest BCUT2D eigenvalue weighted by Gasteiger charge is 2.29. The Bertz CT molecular complexity index is 729. The van der Waals surface area contributed by atoms with Crippen LogP contribution in [0.3, 0.4) is 0 Å². The monoisotopic (exact) mass is 406 g/mol. The largest absolute Gasteiger partial charge is 0.416 e. The van der Waals surface area contributed by atoms with Gasteiger partial charge in [-0.1, -0.05) is 49.7 Å². The summed E-state index contributed by atoms with van der Waals surface area (Å²) in [5.41, 5.74) is 2.39. The van der Waals surface area contributed by atoms with E-state index in [-0.39, 0.29) is 5.54 Å². The van der Waals surface area contributed by atoms with Crippen molar-refractivity contribution in [1.29, 1.82) is 0 Å². The van der Waals surface area contributed by atoms with E-state index < -0.39 is 11.7 Å². The number of halogens is 3. The first-order chi connectivity index (χ1) is 13.6. The second-order valence-corrected chi connectivity index (χ2v) is 8.60. The van der Waals surface area contributed by atoms with E-state index in [0.717, 1.165) is 55.6 Å². The van der Waals surface area contributed by atoms with Crippen LogP contribution in [0.2, 0.25) is 0 Å². The van der Waals surface area contributed by atoms with Gasteiger partial charge in [0.1, 0.15) is 0 Å². The van der Waals surface area contributed by atoms with Gasteiger partial charge in [-0.2, -0.15) is 13.2 Å². The van der Waals surface area contributed by atoms with Crippen molar-refractivity contribution < 1.29 is 13.2 Å². The molecule has 2 rings (SSSR count). The van der Waals surface area contributed by atoms with Crippen LogP contribution in [0.15, 0.2) is 48.5 Å². The first-order valence-electron chi connectivity index (χ1n) is 10.3. The average Bonchev–Trinajstić information content (AvgIpc) is 2.65. The minimum absolute atomic E-state index is 0.130. The zero-order chi connectivity index (χ0) is 21.5. The van der Waals surface area contributed by atoms with Crippen molar-refractivity contribution in [1.82, 2.24) is 10.6 Å². The lowest BCUT2D eigenvalue weighted by molar-refractivity contribution is -0.137. The second kappa shape index (κ2) is 10.3. The number of alkyl halides is 3. The molecule has 0 aliphatic carbocycles. The summed E-state index contributed by atoms with van der Waals surface area (Å²) in [5, 5.41) is 7.18. The van der Waals surface area contributed by atoms with Crippen molar-refractivity contribution in [2.75, 3.05) is 6.54 Å². The highest BCUT2D eigenvalue weighted by molar-refractivity contribution is 5.64. The Hall–Kier alpha value is -1.85. The van der Waals surface area contributed by atoms with E-state index in [9.17, 15) is 13.2 Å². The summed E-state index contributed by atoms with van der Waals surface area (Å²) in [5.74, 6) is 0. The van der Waals surface area contributed by atoms with Gasteiger partial charge in [0, 0.05) is 18.1 Å². The van der Waals surface area contributed by atoms with Gasteiger partial charge in [0.25, 0.3) is 0 Å². The molecule has 5 heteroatoms. The maximum atomic E-state index is 12.7. The Morgan fingerprint density at radius 2 is 1.38 bits per heavy atom. The molecule has 0 fully saturated rings. The second-order valence-electron chi connectivity index (χ2n) is 8.60. The van der Waals surface area contributed by atoms with Gasteiger partial charge in [0.05, 0.1) is 5.56 Å². The molecular weight excluding hydrogens is 373 g/mol. The maximum absolute atomic E-state index is 12.7. The number of nitrogens with one attached hydrogen (secondary N) is 2. The Morgan fingerprint density at radius 1 is 0.828 bits per heavy atom. The number of benzene rings is 2. The van der Waals surface area contributed by atoms with Crippen LogP contribution in [0.5, 0.6) is 0 Å². The Kier molecular flexibility index (Phi) is 8.29. The van der Waals surface area contributed by atoms with Crippen LogP contribution in [0, 0.1) is 0 Å². The third-order valence-electron chi connectivity index (χ3n) is 4.88. The van der Waals surface area contributed by atoms with Gasteiger partial charge in [-0.25, -0.2) is 0 Å². The molecule has 2 aromatic carbocycles. The summed E-state index contributed by atoms with van der Waals surface area (Å²) >= 11 is 0. The van der Waals surface area contributed by atoms with E-state index in [1.165, 1.54) is 17.7 Å². The zero-order valence-electron chi connectivity index (χ0n) is 17.9. The summed E-state index contributed by atoms with van der Waals surface area (Å²) in [6, 6.07) is 13.8. The molecule has 0 heterocycles. The lowest BCUT2D eigenvalue weighted by Gasteiger charge is -2.24. The van der Waals surface area contributed by atoms with Crippen molar-refractivity contribution in [2.45, 2.75) is 71.3 Å². The molecule has 0 spiro atoms. The molecule has 0 radical (unpaired) electrons. The SMILES string of the molecule is CCCC(CCNC(C)(C)C)NCc1ccc(-c2ccc(C(F)(F)F)cc2)cc1. The fraction of sp³-hybridized carbons (Fsp3) is 0.500. The molecule has 0 saturated heterocycles. The predicted octanol–water partition coefficient (Wildman–Crippen LogP) is 6.41. The van der Waals surface area contributed by atoms with Crippen LogP contribution in [0.4, 0.5) is 13.2 Å². The molecule has 2 nitrogen and oxygen atoms in total. The van der Waals surface area contributed by atoms with Crippen molar-refractivity contribution in [2.24, 2.45) is 0 Å². The first kappa shape index (κ1) is 23.4. The molecule has 0 bridgehead atoms. The standard InChI is InChI=1S/C24H33F3N2/c1-5-6-22(15-16-29-23(2,3)4)28-17-18-7-9-19(10-8-18)20-11-13-21(14-12-20)24(25,26)27/h7-14,22,28-29H,5-6,15-17H2,1-4H3. The van der Waals surface area contributed by atoms with Gasteiger partial charge in [-0.3, -0.25) is 0 Å². The third-order valence-corrected chi connectivity index (χ3v) is 4.88. The quantitative estimate of drug-likeness (QED) is 0.503. The molecule has 0 aromatic heterocycles. The van der Waals surface area contributed by atoms with Crippen LogP contribution >= 0.6 is 0 Å². The van der Waals surface area contributed by atoms with E-state index in [0.29, 0.717) is 6.04 Å². The van der Waals surface area contributed by atoms with E-state index in [4.69, 9.17) is 0 Å². The minimum atomic E-state index is -4.30. The Balaban J connectivity index is 1.92. The lowest BCUT2D eigenvalue weighted by atomic mass is 10.0. The Labute approximate surface area is 172 Å². The average molecular weight is 407 g/mol. The van der Waals surface area contributed by atoms with Crippen LogP contribution in [0.25, 0.3) is 11.1 Å². The molecular formula is C24H33F3N2. The van der Waals surface area contributed by atoms with E-state index in [1.807, 2.05) is 24.3 Å². The summed E-state index contributed by atoms with van der Waals surface area (Å²) in [6.07, 6.45) is -0.949. The third kappa shape index (κ3) is 8.19. The van der Waals surface area contributed by atoms with Gasteiger partial charge in [-0.05, 0) is 69.0 Å². The van der Waals surface area contributed by atoms with Crippen LogP contribution < -0.4 is 10.6 Å². The van der Waals surface area contributed by atoms with Gasteiger partial charge < -0.3 is 10.6 Å². The molecule has 0 aliphatic rings. The number of hydrogen-bond donors (Lipinski definition) is 2. The molecule has 1 atom stereocenters. The summed E-state index contributed by atoms with van der Waals surface area (Å²) in [6.45, 7) is 10.5. The molecule has 2 aromatic rings. The van der Waals surface area contributed by atoms with E-state index in [2.05, 4.69) is 38.3 Å². The van der Waals surface area contributed by atoms with Crippen molar-refractivity contribution in [3.8, 4) is 11.1 Å². The first-order valence-corrected chi connectivity index (χ1v) is 10.3. The summed E-state index contributed by atoms with van der Waals surface area (Å²) in [4.78, 5) is 0. The number of hydrogen-bond acceptors (Lipinski definition) is 2. The fourth-order valence-electron chi connectivity index (χ4n) is 3.25. The van der Waals surface area contributed by atoms with Crippen LogP contribution in [-0.2, 0) is 12.7 Å².